The van der Waals surface area contributed by atoms with Gasteiger partial charge >= 0.3 is 17.6 Å². The van der Waals surface area contributed by atoms with Crippen LogP contribution in [0.15, 0.2) is 57.7 Å². The van der Waals surface area contributed by atoms with Gasteiger partial charge in [0.05, 0.1) is 0 Å². The lowest BCUT2D eigenvalue weighted by Gasteiger charge is -2.15. The van der Waals surface area contributed by atoms with E-state index in [1.54, 1.807) is 30.3 Å². The number of hydrogen-bond acceptors (Lipinski definition) is 5. The van der Waals surface area contributed by atoms with Crippen LogP contribution in [-0.4, -0.2) is 18.0 Å². The SMILES string of the molecule is Cc1cc2oc(=O)cc(COC(=O)[C@H](C)NC(=O)Nc3ccccc3)c2cc1C. The Morgan fingerprint density at radius 2 is 1.76 bits per heavy atom. The predicted molar refractivity (Wildman–Crippen MR) is 110 cm³/mol. The van der Waals surface area contributed by atoms with Crippen LogP contribution in [0.2, 0.25) is 0 Å². The minimum absolute atomic E-state index is 0.101. The number of anilines is 1. The molecule has 1 atom stereocenters. The highest BCUT2D eigenvalue weighted by Gasteiger charge is 2.18. The predicted octanol–water partition coefficient (Wildman–Crippen LogP) is 3.66. The number of ether oxygens (including phenoxy) is 1. The fourth-order valence-corrected chi connectivity index (χ4v) is 2.82. The molecular weight excluding hydrogens is 372 g/mol. The number of rotatable bonds is 5. The normalized spacial score (nSPS) is 11.7. The lowest BCUT2D eigenvalue weighted by atomic mass is 10.0. The summed E-state index contributed by atoms with van der Waals surface area (Å²) in [6, 6.07) is 12.5. The molecule has 0 unspecified atom stereocenters. The minimum atomic E-state index is -0.867. The fraction of sp³-hybridized carbons (Fsp3) is 0.227. The van der Waals surface area contributed by atoms with Gasteiger partial charge in [0, 0.05) is 22.7 Å². The molecule has 0 spiro atoms. The number of urea groups is 1. The van der Waals surface area contributed by atoms with Crippen LogP contribution >= 0.6 is 0 Å². The fourth-order valence-electron chi connectivity index (χ4n) is 2.82. The minimum Gasteiger partial charge on any atom is -0.459 e. The van der Waals surface area contributed by atoms with Gasteiger partial charge in [-0.3, -0.25) is 0 Å². The molecule has 0 aliphatic heterocycles. The van der Waals surface area contributed by atoms with E-state index < -0.39 is 23.7 Å². The first-order valence-corrected chi connectivity index (χ1v) is 9.16. The average molecular weight is 394 g/mol. The second-order valence-electron chi connectivity index (χ2n) is 6.82. The Morgan fingerprint density at radius 1 is 1.07 bits per heavy atom. The molecule has 0 bridgehead atoms. The molecule has 7 nitrogen and oxygen atoms in total. The molecule has 29 heavy (non-hydrogen) atoms. The second kappa shape index (κ2) is 8.60. The van der Waals surface area contributed by atoms with Crippen molar-refractivity contribution in [3.05, 3.63) is 75.6 Å². The first kappa shape index (κ1) is 20.1. The molecule has 2 N–H and O–H groups in total. The third-order valence-electron chi connectivity index (χ3n) is 4.55. The van der Waals surface area contributed by atoms with Crippen molar-refractivity contribution < 1.29 is 18.7 Å². The molecule has 150 valence electrons. The van der Waals surface area contributed by atoms with Crippen molar-refractivity contribution in [2.75, 3.05) is 5.32 Å². The first-order valence-electron chi connectivity index (χ1n) is 9.16. The molecule has 0 aliphatic rings. The highest BCUT2D eigenvalue weighted by molar-refractivity contribution is 5.92. The van der Waals surface area contributed by atoms with Gasteiger partial charge in [-0.15, -0.1) is 0 Å². The number of para-hydroxylation sites is 1. The van der Waals surface area contributed by atoms with E-state index >= 15 is 0 Å². The van der Waals surface area contributed by atoms with Crippen molar-refractivity contribution in [3.63, 3.8) is 0 Å². The summed E-state index contributed by atoms with van der Waals surface area (Å²) in [5.41, 5.74) is 3.12. The molecule has 1 aromatic heterocycles. The summed E-state index contributed by atoms with van der Waals surface area (Å²) in [7, 11) is 0. The van der Waals surface area contributed by atoms with Gasteiger partial charge in [0.2, 0.25) is 0 Å². The first-order chi connectivity index (χ1) is 13.8. The van der Waals surface area contributed by atoms with Crippen LogP contribution in [-0.2, 0) is 16.1 Å². The van der Waals surface area contributed by atoms with Crippen molar-refractivity contribution in [2.24, 2.45) is 0 Å². The van der Waals surface area contributed by atoms with E-state index in [0.717, 1.165) is 11.1 Å². The van der Waals surface area contributed by atoms with Crippen LogP contribution in [0.1, 0.15) is 23.6 Å². The van der Waals surface area contributed by atoms with E-state index in [2.05, 4.69) is 10.6 Å². The number of amides is 2. The molecular formula is C22H22N2O5. The summed E-state index contributed by atoms with van der Waals surface area (Å²) in [5.74, 6) is -0.613. The number of fused-ring (bicyclic) bond motifs is 1. The molecule has 3 rings (SSSR count). The van der Waals surface area contributed by atoms with E-state index in [9.17, 15) is 14.4 Å². The molecule has 0 aliphatic carbocycles. The topological polar surface area (TPSA) is 97.6 Å². The number of esters is 1. The van der Waals surface area contributed by atoms with E-state index in [0.29, 0.717) is 22.2 Å². The summed E-state index contributed by atoms with van der Waals surface area (Å²) in [6.45, 7) is 5.30. The van der Waals surface area contributed by atoms with E-state index in [4.69, 9.17) is 9.15 Å². The average Bonchev–Trinajstić information content (AvgIpc) is 2.67. The smallest absolute Gasteiger partial charge is 0.336 e. The summed E-state index contributed by atoms with van der Waals surface area (Å²) < 4.78 is 10.6. The maximum atomic E-state index is 12.3. The Morgan fingerprint density at radius 3 is 2.48 bits per heavy atom. The third-order valence-corrected chi connectivity index (χ3v) is 4.55. The number of nitrogens with one attached hydrogen (secondary N) is 2. The van der Waals surface area contributed by atoms with Gasteiger partial charge in [-0.1, -0.05) is 18.2 Å². The molecule has 7 heteroatoms. The lowest BCUT2D eigenvalue weighted by molar-refractivity contribution is -0.146. The Hall–Kier alpha value is -3.61. The van der Waals surface area contributed by atoms with Gasteiger partial charge in [0.25, 0.3) is 0 Å². The largest absolute Gasteiger partial charge is 0.459 e. The zero-order valence-corrected chi connectivity index (χ0v) is 16.4. The van der Waals surface area contributed by atoms with Crippen LogP contribution in [0.4, 0.5) is 10.5 Å². The Kier molecular flexibility index (Phi) is 5.97. The van der Waals surface area contributed by atoms with Crippen molar-refractivity contribution in [1.82, 2.24) is 5.32 Å². The maximum Gasteiger partial charge on any atom is 0.336 e. The number of aryl methyl sites for hydroxylation is 2. The van der Waals surface area contributed by atoms with Crippen molar-refractivity contribution in [3.8, 4) is 0 Å². The Labute approximate surface area is 167 Å². The van der Waals surface area contributed by atoms with Crippen LogP contribution in [0.5, 0.6) is 0 Å². The van der Waals surface area contributed by atoms with Crippen molar-refractivity contribution in [1.29, 1.82) is 0 Å². The van der Waals surface area contributed by atoms with Crippen LogP contribution < -0.4 is 16.3 Å². The molecule has 2 aromatic carbocycles. The summed E-state index contributed by atoms with van der Waals surface area (Å²) in [6.07, 6.45) is 0. The molecule has 1 heterocycles. The van der Waals surface area contributed by atoms with Crippen LogP contribution in [0.25, 0.3) is 11.0 Å². The van der Waals surface area contributed by atoms with Gasteiger partial charge in [-0.05, 0) is 56.2 Å². The summed E-state index contributed by atoms with van der Waals surface area (Å²) >= 11 is 0. The van der Waals surface area contributed by atoms with Gasteiger partial charge < -0.3 is 19.8 Å². The molecule has 0 saturated heterocycles. The van der Waals surface area contributed by atoms with E-state index in [1.165, 1.54) is 13.0 Å². The summed E-state index contributed by atoms with van der Waals surface area (Å²) in [4.78, 5) is 36.1. The van der Waals surface area contributed by atoms with E-state index in [1.807, 2.05) is 26.0 Å². The highest BCUT2D eigenvalue weighted by Crippen LogP contribution is 2.22. The number of benzene rings is 2. The van der Waals surface area contributed by atoms with Gasteiger partial charge in [-0.25, -0.2) is 14.4 Å². The lowest BCUT2D eigenvalue weighted by Crippen LogP contribution is -2.41. The van der Waals surface area contributed by atoms with Crippen LogP contribution in [0.3, 0.4) is 0 Å². The van der Waals surface area contributed by atoms with Gasteiger partial charge in [0.1, 0.15) is 18.2 Å². The highest BCUT2D eigenvalue weighted by atomic mass is 16.5. The monoisotopic (exact) mass is 394 g/mol. The number of carbonyl (C=O) groups excluding carboxylic acids is 2. The Bertz CT molecular complexity index is 1110. The zero-order chi connectivity index (χ0) is 21.0. The molecule has 3 aromatic rings. The van der Waals surface area contributed by atoms with E-state index in [-0.39, 0.29) is 6.61 Å². The quantitative estimate of drug-likeness (QED) is 0.508. The molecule has 0 radical (unpaired) electrons. The van der Waals surface area contributed by atoms with Gasteiger partial charge in [0.15, 0.2) is 0 Å². The molecule has 0 saturated carbocycles. The van der Waals surface area contributed by atoms with Gasteiger partial charge in [-0.2, -0.15) is 0 Å². The zero-order valence-electron chi connectivity index (χ0n) is 16.4. The number of hydrogen-bond donors (Lipinski definition) is 2. The maximum absolute atomic E-state index is 12.3. The van der Waals surface area contributed by atoms with Crippen molar-refractivity contribution >= 4 is 28.7 Å². The Balaban J connectivity index is 1.65. The standard InChI is InChI=1S/C22H22N2O5/c1-13-9-18-16(11-20(25)29-19(18)10-14(13)2)12-28-21(26)15(3)23-22(27)24-17-7-5-4-6-8-17/h4-11,15H,12H2,1-3H3,(H2,23,24,27)/t15-/m0/s1. The summed E-state index contributed by atoms with van der Waals surface area (Å²) in [5, 5.41) is 5.87. The number of carbonyl (C=O) groups is 2. The van der Waals surface area contributed by atoms with Crippen molar-refractivity contribution in [2.45, 2.75) is 33.4 Å². The van der Waals surface area contributed by atoms with Crippen LogP contribution in [0, 0.1) is 13.8 Å². The second-order valence-corrected chi connectivity index (χ2v) is 6.82. The molecule has 2 amide bonds. The molecule has 0 fully saturated rings. The third kappa shape index (κ3) is 5.01.